The summed E-state index contributed by atoms with van der Waals surface area (Å²) in [5.74, 6) is 0.953. The van der Waals surface area contributed by atoms with Gasteiger partial charge in [0.05, 0.1) is 23.1 Å². The molecule has 32 heavy (non-hydrogen) atoms. The van der Waals surface area contributed by atoms with Crippen molar-refractivity contribution in [2.45, 2.75) is 26.3 Å². The molecule has 0 saturated carbocycles. The van der Waals surface area contributed by atoms with Gasteiger partial charge in [0.25, 0.3) is 5.91 Å². The maximum absolute atomic E-state index is 13.0. The largest absolute Gasteiger partial charge is 0.354 e. The van der Waals surface area contributed by atoms with E-state index in [1.807, 2.05) is 41.2 Å². The molecular formula is C24H29ClN6O. The molecule has 1 aliphatic rings. The first-order valence-corrected chi connectivity index (χ1v) is 11.3. The van der Waals surface area contributed by atoms with E-state index in [0.29, 0.717) is 17.1 Å². The van der Waals surface area contributed by atoms with E-state index >= 15 is 0 Å². The Kier molecular flexibility index (Phi) is 6.77. The number of piperazine rings is 1. The topological polar surface area (TPSA) is 66.3 Å². The minimum atomic E-state index is -0.133. The van der Waals surface area contributed by atoms with Crippen LogP contribution < -0.4 is 10.2 Å². The van der Waals surface area contributed by atoms with Gasteiger partial charge in [0.15, 0.2) is 0 Å². The number of rotatable bonds is 6. The molecule has 0 radical (unpaired) electrons. The van der Waals surface area contributed by atoms with E-state index < -0.39 is 0 Å². The van der Waals surface area contributed by atoms with E-state index in [1.54, 1.807) is 6.20 Å². The van der Waals surface area contributed by atoms with E-state index in [2.05, 4.69) is 52.2 Å². The lowest BCUT2D eigenvalue weighted by molar-refractivity contribution is 0.0949. The van der Waals surface area contributed by atoms with Crippen LogP contribution in [0.15, 0.2) is 48.8 Å². The number of benzene rings is 1. The second-order valence-electron chi connectivity index (χ2n) is 8.48. The van der Waals surface area contributed by atoms with Gasteiger partial charge in [-0.05, 0) is 54.9 Å². The maximum Gasteiger partial charge on any atom is 0.255 e. The Hall–Kier alpha value is -2.90. The van der Waals surface area contributed by atoms with Crippen LogP contribution in [0.25, 0.3) is 5.69 Å². The lowest BCUT2D eigenvalue weighted by Crippen LogP contribution is -2.44. The van der Waals surface area contributed by atoms with Crippen molar-refractivity contribution >= 4 is 23.3 Å². The zero-order chi connectivity index (χ0) is 22.7. The Balaban J connectivity index is 1.48. The zero-order valence-corrected chi connectivity index (χ0v) is 19.5. The highest BCUT2D eigenvalue weighted by Crippen LogP contribution is 2.24. The van der Waals surface area contributed by atoms with Crippen LogP contribution in [0.1, 0.15) is 41.4 Å². The molecule has 2 aromatic heterocycles. The number of amides is 1. The van der Waals surface area contributed by atoms with Crippen molar-refractivity contribution in [2.24, 2.45) is 0 Å². The molecule has 0 spiro atoms. The predicted octanol–water partition coefficient (Wildman–Crippen LogP) is 3.73. The molecule has 3 aromatic rings. The smallest absolute Gasteiger partial charge is 0.255 e. The molecule has 7 nitrogen and oxygen atoms in total. The fourth-order valence-electron chi connectivity index (χ4n) is 3.93. The molecule has 1 N–H and O–H groups in total. The van der Waals surface area contributed by atoms with Gasteiger partial charge < -0.3 is 15.1 Å². The summed E-state index contributed by atoms with van der Waals surface area (Å²) in [7, 11) is 2.14. The van der Waals surface area contributed by atoms with Crippen LogP contribution in [0.4, 0.5) is 5.82 Å². The van der Waals surface area contributed by atoms with Crippen LogP contribution in [0, 0.1) is 0 Å². The molecule has 1 saturated heterocycles. The van der Waals surface area contributed by atoms with Crippen LogP contribution in [-0.2, 0) is 6.54 Å². The number of carbonyl (C=O) groups excluding carboxylic acids is 1. The summed E-state index contributed by atoms with van der Waals surface area (Å²) >= 11 is 6.02. The number of nitrogens with one attached hydrogen (secondary N) is 1. The molecule has 4 rings (SSSR count). The number of likely N-dealkylation sites (N-methyl/N-ethyl adjacent to an activating group) is 1. The molecule has 3 heterocycles. The molecule has 0 atom stereocenters. The number of aromatic nitrogens is 3. The fourth-order valence-corrected chi connectivity index (χ4v) is 4.06. The van der Waals surface area contributed by atoms with E-state index in [1.165, 1.54) is 0 Å². The van der Waals surface area contributed by atoms with Crippen molar-refractivity contribution in [1.82, 2.24) is 25.0 Å². The quantitative estimate of drug-likeness (QED) is 0.617. The zero-order valence-electron chi connectivity index (χ0n) is 18.8. The average molecular weight is 453 g/mol. The monoisotopic (exact) mass is 452 g/mol. The summed E-state index contributed by atoms with van der Waals surface area (Å²) in [5.41, 5.74) is 3.36. The van der Waals surface area contributed by atoms with Crippen molar-refractivity contribution in [3.05, 3.63) is 70.6 Å². The Morgan fingerprint density at radius 1 is 1.12 bits per heavy atom. The number of halogens is 1. The minimum Gasteiger partial charge on any atom is -0.354 e. The van der Waals surface area contributed by atoms with Gasteiger partial charge in [-0.1, -0.05) is 25.4 Å². The van der Waals surface area contributed by atoms with Crippen LogP contribution in [0.2, 0.25) is 5.02 Å². The number of hydrogen-bond acceptors (Lipinski definition) is 5. The highest BCUT2D eigenvalue weighted by molar-refractivity contribution is 6.30. The molecule has 1 aromatic carbocycles. The SMILES string of the molecule is CC(C)c1c(C(=O)NCc2ccnc(N3CCN(C)CC3)c2)cnn1-c1ccc(Cl)cc1. The Morgan fingerprint density at radius 3 is 2.53 bits per heavy atom. The molecule has 0 unspecified atom stereocenters. The van der Waals surface area contributed by atoms with Crippen LogP contribution >= 0.6 is 11.6 Å². The Morgan fingerprint density at radius 2 is 1.84 bits per heavy atom. The van der Waals surface area contributed by atoms with Crippen molar-refractivity contribution in [2.75, 3.05) is 38.1 Å². The lowest BCUT2D eigenvalue weighted by Gasteiger charge is -2.33. The third kappa shape index (κ3) is 4.95. The second kappa shape index (κ2) is 9.71. The van der Waals surface area contributed by atoms with Crippen LogP contribution in [-0.4, -0.2) is 58.8 Å². The van der Waals surface area contributed by atoms with Gasteiger partial charge in [0.2, 0.25) is 0 Å². The van der Waals surface area contributed by atoms with E-state index in [-0.39, 0.29) is 11.8 Å². The van der Waals surface area contributed by atoms with Gasteiger partial charge in [-0.25, -0.2) is 9.67 Å². The maximum atomic E-state index is 13.0. The summed E-state index contributed by atoms with van der Waals surface area (Å²) in [6, 6.07) is 11.5. The van der Waals surface area contributed by atoms with Crippen molar-refractivity contribution in [1.29, 1.82) is 0 Å². The van der Waals surface area contributed by atoms with Crippen LogP contribution in [0.3, 0.4) is 0 Å². The van der Waals surface area contributed by atoms with Gasteiger partial charge in [0.1, 0.15) is 5.82 Å². The highest BCUT2D eigenvalue weighted by atomic mass is 35.5. The minimum absolute atomic E-state index is 0.124. The van der Waals surface area contributed by atoms with Gasteiger partial charge >= 0.3 is 0 Å². The van der Waals surface area contributed by atoms with Gasteiger partial charge in [-0.15, -0.1) is 0 Å². The fraction of sp³-hybridized carbons (Fsp3) is 0.375. The molecule has 8 heteroatoms. The highest BCUT2D eigenvalue weighted by Gasteiger charge is 2.21. The number of carbonyl (C=O) groups is 1. The molecule has 0 aliphatic carbocycles. The molecule has 1 fully saturated rings. The number of nitrogens with zero attached hydrogens (tertiary/aromatic N) is 5. The van der Waals surface area contributed by atoms with E-state index in [9.17, 15) is 4.79 Å². The first-order valence-electron chi connectivity index (χ1n) is 10.9. The third-order valence-electron chi connectivity index (χ3n) is 5.76. The summed E-state index contributed by atoms with van der Waals surface area (Å²) < 4.78 is 1.81. The lowest BCUT2D eigenvalue weighted by atomic mass is 10.0. The summed E-state index contributed by atoms with van der Waals surface area (Å²) in [5, 5.41) is 8.21. The summed E-state index contributed by atoms with van der Waals surface area (Å²) in [4.78, 5) is 22.2. The van der Waals surface area contributed by atoms with Crippen molar-refractivity contribution in [3.8, 4) is 5.69 Å². The number of anilines is 1. The second-order valence-corrected chi connectivity index (χ2v) is 8.92. The van der Waals surface area contributed by atoms with Crippen LogP contribution in [0.5, 0.6) is 0 Å². The third-order valence-corrected chi connectivity index (χ3v) is 6.01. The first kappa shape index (κ1) is 22.3. The molecule has 168 valence electrons. The Bertz CT molecular complexity index is 1070. The molecule has 1 aliphatic heterocycles. The van der Waals surface area contributed by atoms with Gasteiger partial charge in [-0.2, -0.15) is 5.10 Å². The predicted molar refractivity (Wildman–Crippen MR) is 128 cm³/mol. The first-order chi connectivity index (χ1) is 15.4. The number of hydrogen-bond donors (Lipinski definition) is 1. The molecular weight excluding hydrogens is 424 g/mol. The Labute approximate surface area is 194 Å². The van der Waals surface area contributed by atoms with Crippen molar-refractivity contribution < 1.29 is 4.79 Å². The average Bonchev–Trinajstić information content (AvgIpc) is 3.24. The van der Waals surface area contributed by atoms with E-state index in [0.717, 1.165) is 48.9 Å². The van der Waals surface area contributed by atoms with Gasteiger partial charge in [-0.3, -0.25) is 4.79 Å². The standard InChI is InChI=1S/C24H29ClN6O/c1-17(2)23-21(16-28-31(23)20-6-4-19(25)5-7-20)24(32)27-15-18-8-9-26-22(14-18)30-12-10-29(3)11-13-30/h4-9,14,16-17H,10-13,15H2,1-3H3,(H,27,32). The summed E-state index contributed by atoms with van der Waals surface area (Å²) in [6.45, 7) is 8.53. The van der Waals surface area contributed by atoms with E-state index in [4.69, 9.17) is 11.6 Å². The van der Waals surface area contributed by atoms with Crippen molar-refractivity contribution in [3.63, 3.8) is 0 Å². The normalized spacial score (nSPS) is 14.7. The molecule has 0 bridgehead atoms. The molecule has 1 amide bonds. The van der Waals surface area contributed by atoms with Gasteiger partial charge in [0, 0.05) is 43.9 Å². The number of pyridine rings is 1. The summed E-state index contributed by atoms with van der Waals surface area (Å²) in [6.07, 6.45) is 3.45.